The van der Waals surface area contributed by atoms with Crippen LogP contribution in [0.1, 0.15) is 70.1 Å². The van der Waals surface area contributed by atoms with E-state index in [9.17, 15) is 28.7 Å². The van der Waals surface area contributed by atoms with Crippen LogP contribution in [0, 0.1) is 0 Å². The highest BCUT2D eigenvalue weighted by Gasteiger charge is 2.59. The molecule has 2 aromatic rings. The zero-order valence-electron chi connectivity index (χ0n) is 20.3. The van der Waals surface area contributed by atoms with Gasteiger partial charge in [-0.2, -0.15) is 0 Å². The fourth-order valence-corrected chi connectivity index (χ4v) is 8.29. The van der Waals surface area contributed by atoms with Gasteiger partial charge in [-0.3, -0.25) is 14.0 Å². The molecule has 0 atom stereocenters. The van der Waals surface area contributed by atoms with E-state index in [0.29, 0.717) is 43.4 Å². The average molecular weight is 508 g/mol. The van der Waals surface area contributed by atoms with Gasteiger partial charge in [-0.25, -0.2) is 0 Å². The Morgan fingerprint density at radius 1 is 0.735 bits per heavy atom. The average Bonchev–Trinajstić information content (AvgIpc) is 2.99. The van der Waals surface area contributed by atoms with Crippen molar-refractivity contribution in [3.05, 3.63) is 57.5 Å². The maximum atomic E-state index is 12.9. The van der Waals surface area contributed by atoms with Crippen molar-refractivity contribution in [2.45, 2.75) is 71.0 Å². The van der Waals surface area contributed by atoms with Crippen molar-refractivity contribution in [2.75, 3.05) is 0 Å². The van der Waals surface area contributed by atoms with Crippen LogP contribution in [0.4, 0.5) is 0 Å². The van der Waals surface area contributed by atoms with Crippen LogP contribution in [-0.4, -0.2) is 24.5 Å². The Kier molecular flexibility index (Phi) is 7.27. The molecule has 34 heavy (non-hydrogen) atoms. The zero-order chi connectivity index (χ0) is 25.7. The Hall–Kier alpha value is -1.56. The second kappa shape index (κ2) is 9.15. The molecule has 0 radical (unpaired) electrons. The number of rotatable bonds is 8. The molecule has 0 spiro atoms. The molecule has 0 aromatic heterocycles. The Morgan fingerprint density at radius 3 is 1.38 bits per heavy atom. The Bertz CT molecular complexity index is 1190. The predicted octanol–water partition coefficient (Wildman–Crippen LogP) is 2.66. The second-order valence-corrected chi connectivity index (χ2v) is 12.1. The van der Waals surface area contributed by atoms with E-state index in [1.54, 1.807) is 0 Å². The molecule has 0 saturated heterocycles. The molecule has 1 aliphatic rings. The van der Waals surface area contributed by atoms with Crippen LogP contribution in [-0.2, 0) is 26.8 Å². The van der Waals surface area contributed by atoms with Crippen molar-refractivity contribution in [2.24, 2.45) is 0 Å². The van der Waals surface area contributed by atoms with E-state index in [2.05, 4.69) is 18.1 Å². The standard InChI is InChI=1S/C25H35NO6P2/c1-7-24(8-2)20-21(23(34(30,31)32)18(6)17(5)22(20)33(27,28)29)25(9-3,10-4)26(24)16-19-14-12-11-13-15-19/h11-15H,5-10,16H2,1-4H3,(H2,27,28,29)(H2,30,31,32). The third-order valence-corrected chi connectivity index (χ3v) is 9.88. The Balaban J connectivity index is 2.65. The first-order chi connectivity index (χ1) is 15.8. The van der Waals surface area contributed by atoms with Gasteiger partial charge in [0.05, 0.1) is 10.6 Å². The van der Waals surface area contributed by atoms with Crippen LogP contribution in [0.5, 0.6) is 0 Å². The summed E-state index contributed by atoms with van der Waals surface area (Å²) in [6, 6.07) is 9.76. The van der Waals surface area contributed by atoms with Crippen molar-refractivity contribution >= 4 is 39.0 Å². The fraction of sp³-hybridized carbons (Fsp3) is 0.440. The minimum absolute atomic E-state index is 0.0978. The molecule has 2 aromatic carbocycles. The van der Waals surface area contributed by atoms with E-state index in [4.69, 9.17) is 0 Å². The first kappa shape index (κ1) is 27.0. The van der Waals surface area contributed by atoms with Gasteiger partial charge in [-0.15, -0.1) is 0 Å². The first-order valence-corrected chi connectivity index (χ1v) is 14.8. The van der Waals surface area contributed by atoms with Crippen LogP contribution in [0.2, 0.25) is 0 Å². The Labute approximate surface area is 201 Å². The molecule has 1 aliphatic heterocycles. The molecule has 0 fully saturated rings. The van der Waals surface area contributed by atoms with Crippen molar-refractivity contribution in [3.8, 4) is 0 Å². The molecule has 3 rings (SSSR count). The van der Waals surface area contributed by atoms with Crippen LogP contribution < -0.4 is 21.0 Å². The third-order valence-electron chi connectivity index (χ3n) is 7.73. The van der Waals surface area contributed by atoms with Gasteiger partial charge in [-0.05, 0) is 52.8 Å². The van der Waals surface area contributed by atoms with E-state index >= 15 is 0 Å². The lowest BCUT2D eigenvalue weighted by molar-refractivity contribution is -0.0228. The third kappa shape index (κ3) is 3.88. The molecule has 0 aliphatic carbocycles. The Morgan fingerprint density at radius 2 is 1.09 bits per heavy atom. The van der Waals surface area contributed by atoms with E-state index in [1.807, 2.05) is 58.0 Å². The summed E-state index contributed by atoms with van der Waals surface area (Å²) in [5.74, 6) is 0. The lowest BCUT2D eigenvalue weighted by Crippen LogP contribution is -2.51. The summed E-state index contributed by atoms with van der Waals surface area (Å²) in [6.45, 7) is 16.0. The summed E-state index contributed by atoms with van der Waals surface area (Å²) in [4.78, 5) is 44.2. The SMILES string of the molecule is C=c1c(P(=O)(O)O)c2c(c(P(=O)(O)O)c1=C)C(CC)(CC)N(Cc1ccccc1)C2(CC)CC. The summed E-state index contributed by atoms with van der Waals surface area (Å²) >= 11 is 0. The topological polar surface area (TPSA) is 118 Å². The van der Waals surface area contributed by atoms with Gasteiger partial charge in [0.1, 0.15) is 0 Å². The summed E-state index contributed by atoms with van der Waals surface area (Å²) in [5, 5.41) is -0.677. The number of benzene rings is 2. The van der Waals surface area contributed by atoms with E-state index in [-0.39, 0.29) is 21.0 Å². The highest BCUT2D eigenvalue weighted by molar-refractivity contribution is 7.61. The highest BCUT2D eigenvalue weighted by Crippen LogP contribution is 2.58. The monoisotopic (exact) mass is 507 g/mol. The van der Waals surface area contributed by atoms with Crippen LogP contribution in [0.15, 0.2) is 30.3 Å². The largest absolute Gasteiger partial charge is 0.357 e. The molecular weight excluding hydrogens is 472 g/mol. The minimum atomic E-state index is -4.87. The summed E-state index contributed by atoms with van der Waals surface area (Å²) < 4.78 is 25.8. The van der Waals surface area contributed by atoms with Crippen LogP contribution in [0.25, 0.3) is 13.2 Å². The second-order valence-electron chi connectivity index (χ2n) is 9.04. The van der Waals surface area contributed by atoms with Gasteiger partial charge in [0, 0.05) is 17.6 Å². The molecule has 0 amide bonds. The van der Waals surface area contributed by atoms with Gasteiger partial charge in [0.25, 0.3) is 0 Å². The predicted molar refractivity (Wildman–Crippen MR) is 137 cm³/mol. The number of hydrogen-bond acceptors (Lipinski definition) is 3. The molecule has 1 heterocycles. The fourth-order valence-electron chi connectivity index (χ4n) is 6.09. The van der Waals surface area contributed by atoms with Crippen molar-refractivity contribution in [3.63, 3.8) is 0 Å². The quantitative estimate of drug-likeness (QED) is 0.406. The molecule has 4 N–H and O–H groups in total. The van der Waals surface area contributed by atoms with Crippen molar-refractivity contribution in [1.29, 1.82) is 0 Å². The van der Waals surface area contributed by atoms with Crippen molar-refractivity contribution < 1.29 is 28.7 Å². The van der Waals surface area contributed by atoms with Gasteiger partial charge >= 0.3 is 15.2 Å². The molecule has 0 bridgehead atoms. The van der Waals surface area contributed by atoms with E-state index < -0.39 is 26.3 Å². The maximum absolute atomic E-state index is 12.9. The lowest BCUT2D eigenvalue weighted by atomic mass is 9.82. The van der Waals surface area contributed by atoms with Crippen LogP contribution in [0.3, 0.4) is 0 Å². The molecule has 0 unspecified atom stereocenters. The maximum Gasteiger partial charge on any atom is 0.357 e. The van der Waals surface area contributed by atoms with Gasteiger partial charge in [0.2, 0.25) is 0 Å². The number of hydrogen-bond donors (Lipinski definition) is 4. The molecule has 186 valence electrons. The molecule has 0 saturated carbocycles. The number of nitrogens with zero attached hydrogens (tertiary/aromatic N) is 1. The van der Waals surface area contributed by atoms with Gasteiger partial charge in [0.15, 0.2) is 0 Å². The van der Waals surface area contributed by atoms with Crippen LogP contribution >= 0.6 is 15.2 Å². The smallest absolute Gasteiger partial charge is 0.321 e. The highest BCUT2D eigenvalue weighted by atomic mass is 31.2. The summed E-state index contributed by atoms with van der Waals surface area (Å²) in [6.07, 6.45) is 1.98. The number of fused-ring (bicyclic) bond motifs is 1. The zero-order valence-corrected chi connectivity index (χ0v) is 22.1. The lowest BCUT2D eigenvalue weighted by Gasteiger charge is -2.47. The normalized spacial score (nSPS) is 17.6. The molecule has 9 heteroatoms. The van der Waals surface area contributed by atoms with Crippen molar-refractivity contribution in [1.82, 2.24) is 4.90 Å². The van der Waals surface area contributed by atoms with E-state index in [0.717, 1.165) is 5.56 Å². The summed E-state index contributed by atoms with van der Waals surface area (Å²) in [5.41, 5.74) is -0.0783. The van der Waals surface area contributed by atoms with Gasteiger partial charge in [-0.1, -0.05) is 71.2 Å². The van der Waals surface area contributed by atoms with Gasteiger partial charge < -0.3 is 19.6 Å². The molecular formula is C25H35NO6P2. The molecule has 7 nitrogen and oxygen atoms in total. The van der Waals surface area contributed by atoms with E-state index in [1.165, 1.54) is 0 Å². The summed E-state index contributed by atoms with van der Waals surface area (Å²) in [7, 11) is -9.74. The first-order valence-electron chi connectivity index (χ1n) is 11.6. The minimum Gasteiger partial charge on any atom is -0.321 e.